The number of ether oxygens (including phenoxy) is 1. The lowest BCUT2D eigenvalue weighted by Gasteiger charge is -2.08. The molecule has 0 aliphatic heterocycles. The molecule has 0 spiro atoms. The Morgan fingerprint density at radius 3 is 2.11 bits per heavy atom. The third-order valence-corrected chi connectivity index (χ3v) is 2.74. The highest BCUT2D eigenvalue weighted by Crippen LogP contribution is 2.30. The molecule has 0 heterocycles. The van der Waals surface area contributed by atoms with E-state index in [4.69, 9.17) is 22.1 Å². The Balaban J connectivity index is 2.58. The number of rotatable bonds is 2. The Kier molecular flexibility index (Phi) is 3.39. The van der Waals surface area contributed by atoms with Gasteiger partial charge in [-0.15, -0.1) is 0 Å². The van der Waals surface area contributed by atoms with Gasteiger partial charge in [0.05, 0.1) is 7.11 Å². The highest BCUT2D eigenvalue weighted by Gasteiger charge is 2.10. The van der Waals surface area contributed by atoms with Gasteiger partial charge in [-0.05, 0) is 41.5 Å². The van der Waals surface area contributed by atoms with Crippen LogP contribution < -0.4 is 10.5 Å². The lowest BCUT2D eigenvalue weighted by atomic mass is 10.0. The van der Waals surface area contributed by atoms with Gasteiger partial charge in [0, 0.05) is 5.02 Å². The summed E-state index contributed by atoms with van der Waals surface area (Å²) in [7, 11) is 1.49. The van der Waals surface area contributed by atoms with Gasteiger partial charge in [0.2, 0.25) is 0 Å². The Morgan fingerprint density at radius 2 is 1.56 bits per heavy atom. The molecular weight excluding hydrogens is 260 g/mol. The van der Waals surface area contributed by atoms with Crippen molar-refractivity contribution in [1.82, 2.24) is 0 Å². The fourth-order valence-corrected chi connectivity index (χ4v) is 1.82. The van der Waals surface area contributed by atoms with E-state index in [0.29, 0.717) is 21.9 Å². The molecule has 2 aromatic carbocycles. The predicted octanol–water partition coefficient (Wildman–Crippen LogP) is 3.88. The molecular formula is C13H10ClF2NO. The van der Waals surface area contributed by atoms with Crippen molar-refractivity contribution in [2.45, 2.75) is 0 Å². The average molecular weight is 270 g/mol. The molecule has 94 valence electrons. The lowest BCUT2D eigenvalue weighted by Crippen LogP contribution is -1.96. The van der Waals surface area contributed by atoms with Crippen LogP contribution in [-0.2, 0) is 0 Å². The van der Waals surface area contributed by atoms with E-state index in [1.807, 2.05) is 0 Å². The van der Waals surface area contributed by atoms with Crippen molar-refractivity contribution >= 4 is 17.3 Å². The van der Waals surface area contributed by atoms with Gasteiger partial charge in [-0.1, -0.05) is 11.6 Å². The van der Waals surface area contributed by atoms with Crippen LogP contribution in [0.4, 0.5) is 14.5 Å². The third-order valence-electron chi connectivity index (χ3n) is 2.52. The molecule has 0 saturated carbocycles. The van der Waals surface area contributed by atoms with Crippen LogP contribution in [0, 0.1) is 11.6 Å². The molecule has 0 atom stereocenters. The smallest absolute Gasteiger partial charge is 0.149 e. The Bertz CT molecular complexity index is 579. The molecule has 0 fully saturated rings. The van der Waals surface area contributed by atoms with Crippen LogP contribution in [-0.4, -0.2) is 7.11 Å². The number of nitrogens with two attached hydrogens (primary N) is 1. The molecule has 0 amide bonds. The van der Waals surface area contributed by atoms with Crippen molar-refractivity contribution in [3.05, 3.63) is 47.0 Å². The van der Waals surface area contributed by atoms with Crippen molar-refractivity contribution in [3.63, 3.8) is 0 Å². The molecule has 2 nitrogen and oxygen atoms in total. The minimum atomic E-state index is -0.802. The summed E-state index contributed by atoms with van der Waals surface area (Å²) >= 11 is 5.90. The summed E-state index contributed by atoms with van der Waals surface area (Å²) in [5.41, 5.74) is 5.62. The molecule has 18 heavy (non-hydrogen) atoms. The zero-order chi connectivity index (χ0) is 13.3. The Labute approximate surface area is 108 Å². The van der Waals surface area contributed by atoms with E-state index in [9.17, 15) is 8.78 Å². The van der Waals surface area contributed by atoms with Gasteiger partial charge in [0.1, 0.15) is 23.1 Å². The van der Waals surface area contributed by atoms with Crippen LogP contribution >= 0.6 is 11.6 Å². The van der Waals surface area contributed by atoms with Crippen molar-refractivity contribution in [2.75, 3.05) is 12.8 Å². The van der Waals surface area contributed by atoms with Crippen molar-refractivity contribution in [3.8, 4) is 16.9 Å². The van der Waals surface area contributed by atoms with Gasteiger partial charge in [-0.2, -0.15) is 0 Å². The van der Waals surface area contributed by atoms with Gasteiger partial charge in [-0.3, -0.25) is 0 Å². The molecule has 2 rings (SSSR count). The molecule has 2 N–H and O–H groups in total. The second kappa shape index (κ2) is 4.82. The topological polar surface area (TPSA) is 35.2 Å². The summed E-state index contributed by atoms with van der Waals surface area (Å²) in [6.45, 7) is 0. The zero-order valence-electron chi connectivity index (χ0n) is 9.51. The SMILES string of the molecule is COc1cc(Cl)cc(-c2cc(F)c(N)c(F)c2)c1. The minimum Gasteiger partial charge on any atom is -0.497 e. The Hall–Kier alpha value is -1.81. The number of anilines is 1. The molecule has 0 bridgehead atoms. The lowest BCUT2D eigenvalue weighted by molar-refractivity contribution is 0.415. The molecule has 0 aliphatic rings. The Morgan fingerprint density at radius 1 is 1.00 bits per heavy atom. The van der Waals surface area contributed by atoms with E-state index in [1.165, 1.54) is 7.11 Å². The largest absolute Gasteiger partial charge is 0.497 e. The van der Waals surface area contributed by atoms with Crippen LogP contribution in [0.15, 0.2) is 30.3 Å². The van der Waals surface area contributed by atoms with E-state index >= 15 is 0 Å². The zero-order valence-corrected chi connectivity index (χ0v) is 10.3. The fourth-order valence-electron chi connectivity index (χ4n) is 1.60. The first kappa shape index (κ1) is 12.6. The van der Waals surface area contributed by atoms with Gasteiger partial charge < -0.3 is 10.5 Å². The van der Waals surface area contributed by atoms with Crippen molar-refractivity contribution in [1.29, 1.82) is 0 Å². The summed E-state index contributed by atoms with van der Waals surface area (Å²) < 4.78 is 31.8. The summed E-state index contributed by atoms with van der Waals surface area (Å²) in [4.78, 5) is 0. The second-order valence-corrected chi connectivity index (χ2v) is 4.17. The van der Waals surface area contributed by atoms with Crippen LogP contribution in [0.3, 0.4) is 0 Å². The predicted molar refractivity (Wildman–Crippen MR) is 67.8 cm³/mol. The normalized spacial score (nSPS) is 10.4. The number of benzene rings is 2. The van der Waals surface area contributed by atoms with Gasteiger partial charge in [0.25, 0.3) is 0 Å². The summed E-state index contributed by atoms with van der Waals surface area (Å²) in [6, 6.07) is 7.15. The number of methoxy groups -OCH3 is 1. The number of hydrogen-bond donors (Lipinski definition) is 1. The van der Waals surface area contributed by atoms with Crippen LogP contribution in [0.2, 0.25) is 5.02 Å². The van der Waals surface area contributed by atoms with Crippen LogP contribution in [0.1, 0.15) is 0 Å². The standard InChI is InChI=1S/C13H10ClF2NO/c1-18-10-3-7(2-9(14)6-10)8-4-11(15)13(17)12(16)5-8/h2-6H,17H2,1H3. The summed E-state index contributed by atoms with van der Waals surface area (Å²) in [5, 5.41) is 0.419. The number of halogens is 3. The van der Waals surface area contributed by atoms with E-state index in [2.05, 4.69) is 0 Å². The maximum atomic E-state index is 13.4. The van der Waals surface area contributed by atoms with E-state index < -0.39 is 17.3 Å². The van der Waals surface area contributed by atoms with E-state index in [1.54, 1.807) is 18.2 Å². The van der Waals surface area contributed by atoms with E-state index in [0.717, 1.165) is 12.1 Å². The average Bonchev–Trinajstić information content (AvgIpc) is 2.34. The van der Waals surface area contributed by atoms with Crippen LogP contribution in [0.5, 0.6) is 5.75 Å². The number of nitrogen functional groups attached to an aromatic ring is 1. The van der Waals surface area contributed by atoms with Gasteiger partial charge >= 0.3 is 0 Å². The highest BCUT2D eigenvalue weighted by molar-refractivity contribution is 6.31. The van der Waals surface area contributed by atoms with Gasteiger partial charge in [-0.25, -0.2) is 8.78 Å². The maximum Gasteiger partial charge on any atom is 0.149 e. The molecule has 0 unspecified atom stereocenters. The quantitative estimate of drug-likeness (QED) is 0.840. The second-order valence-electron chi connectivity index (χ2n) is 3.73. The molecule has 0 aliphatic carbocycles. The first-order chi connectivity index (χ1) is 8.51. The third kappa shape index (κ3) is 2.38. The first-order valence-electron chi connectivity index (χ1n) is 5.10. The van der Waals surface area contributed by atoms with E-state index in [-0.39, 0.29) is 0 Å². The minimum absolute atomic E-state index is 0.347. The molecule has 5 heteroatoms. The maximum absolute atomic E-state index is 13.4. The summed E-state index contributed by atoms with van der Waals surface area (Å²) in [5.74, 6) is -1.09. The number of hydrogen-bond acceptors (Lipinski definition) is 2. The fraction of sp³-hybridized carbons (Fsp3) is 0.0769. The molecule has 2 aromatic rings. The van der Waals surface area contributed by atoms with Gasteiger partial charge in [0.15, 0.2) is 0 Å². The molecule has 0 radical (unpaired) electrons. The monoisotopic (exact) mass is 269 g/mol. The van der Waals surface area contributed by atoms with Crippen molar-refractivity contribution < 1.29 is 13.5 Å². The highest BCUT2D eigenvalue weighted by atomic mass is 35.5. The van der Waals surface area contributed by atoms with Crippen molar-refractivity contribution in [2.24, 2.45) is 0 Å². The summed E-state index contributed by atoms with van der Waals surface area (Å²) in [6.07, 6.45) is 0. The molecule has 0 aromatic heterocycles. The van der Waals surface area contributed by atoms with Crippen LogP contribution in [0.25, 0.3) is 11.1 Å². The molecule has 0 saturated heterocycles. The first-order valence-corrected chi connectivity index (χ1v) is 5.48.